The molecule has 0 aliphatic carbocycles. The molecule has 3 N–H and O–H groups in total. The first-order chi connectivity index (χ1) is 6.50. The summed E-state index contributed by atoms with van der Waals surface area (Å²) in [5.41, 5.74) is 6.09. The molecule has 0 bridgehead atoms. The van der Waals surface area contributed by atoms with Gasteiger partial charge >= 0.3 is 5.97 Å². The number of hydrogen-bond donors (Lipinski definition) is 2. The Labute approximate surface area is 80.8 Å². The molecule has 14 heavy (non-hydrogen) atoms. The van der Waals surface area contributed by atoms with Crippen molar-refractivity contribution in [3.63, 3.8) is 0 Å². The molecule has 5 heteroatoms. The van der Waals surface area contributed by atoms with Crippen LogP contribution in [0.25, 0.3) is 0 Å². The quantitative estimate of drug-likeness (QED) is 0.711. The van der Waals surface area contributed by atoms with Crippen molar-refractivity contribution in [1.29, 1.82) is 0 Å². The monoisotopic (exact) mass is 196 g/mol. The zero-order valence-corrected chi connectivity index (χ0v) is 7.86. The molecule has 0 aliphatic heterocycles. The Bertz CT molecular complexity index is 383. The molecule has 0 fully saturated rings. The van der Waals surface area contributed by atoms with Crippen LogP contribution in [-0.2, 0) is 18.3 Å². The number of rotatable bonds is 3. The van der Waals surface area contributed by atoms with Crippen LogP contribution in [0.1, 0.15) is 12.0 Å². The molecule has 1 heterocycles. The molecule has 0 aromatic carbocycles. The highest BCUT2D eigenvalue weighted by Gasteiger charge is 2.03. The molecule has 0 radical (unpaired) electrons. The van der Waals surface area contributed by atoms with E-state index in [1.807, 2.05) is 0 Å². The van der Waals surface area contributed by atoms with Crippen molar-refractivity contribution in [3.05, 3.63) is 28.2 Å². The van der Waals surface area contributed by atoms with Gasteiger partial charge < -0.3 is 15.4 Å². The van der Waals surface area contributed by atoms with E-state index >= 15 is 0 Å². The Hall–Kier alpha value is -1.78. The number of anilines is 1. The van der Waals surface area contributed by atoms with E-state index in [-0.39, 0.29) is 17.7 Å². The highest BCUT2D eigenvalue weighted by Crippen LogP contribution is 2.04. The molecular formula is C9H12N2O3. The normalized spacial score (nSPS) is 10.1. The Kier molecular flexibility index (Phi) is 2.91. The predicted molar refractivity (Wildman–Crippen MR) is 52.1 cm³/mol. The van der Waals surface area contributed by atoms with Gasteiger partial charge in [-0.3, -0.25) is 9.59 Å². The van der Waals surface area contributed by atoms with Gasteiger partial charge in [-0.15, -0.1) is 0 Å². The molecule has 0 amide bonds. The molecule has 0 unspecified atom stereocenters. The molecule has 5 nitrogen and oxygen atoms in total. The molecule has 1 rings (SSSR count). The average molecular weight is 196 g/mol. The number of nitrogens with zero attached hydrogens (tertiary/aromatic N) is 1. The van der Waals surface area contributed by atoms with E-state index in [1.165, 1.54) is 10.6 Å². The fourth-order valence-corrected chi connectivity index (χ4v) is 1.20. The summed E-state index contributed by atoms with van der Waals surface area (Å²) in [4.78, 5) is 21.5. The number of carboxylic acid groups (broad SMARTS) is 1. The zero-order valence-electron chi connectivity index (χ0n) is 7.86. The highest BCUT2D eigenvalue weighted by molar-refractivity contribution is 5.67. The topological polar surface area (TPSA) is 85.3 Å². The predicted octanol–water partition coefficient (Wildman–Crippen LogP) is -0.0153. The molecular weight excluding hydrogens is 184 g/mol. The third-order valence-corrected chi connectivity index (χ3v) is 1.90. The maximum Gasteiger partial charge on any atom is 0.303 e. The third-order valence-electron chi connectivity index (χ3n) is 1.90. The molecule has 0 aliphatic rings. The second kappa shape index (κ2) is 3.95. The molecule has 0 spiro atoms. The molecule has 0 saturated heterocycles. The maximum absolute atomic E-state index is 11.2. The fraction of sp³-hybridized carbons (Fsp3) is 0.333. The molecule has 0 saturated carbocycles. The zero-order chi connectivity index (χ0) is 10.7. The van der Waals surface area contributed by atoms with Crippen molar-refractivity contribution in [2.24, 2.45) is 7.05 Å². The minimum absolute atomic E-state index is 0.0393. The number of pyridine rings is 1. The van der Waals surface area contributed by atoms with Gasteiger partial charge in [0, 0.05) is 19.7 Å². The van der Waals surface area contributed by atoms with E-state index in [1.54, 1.807) is 13.2 Å². The smallest absolute Gasteiger partial charge is 0.303 e. The van der Waals surface area contributed by atoms with Crippen LogP contribution >= 0.6 is 0 Å². The van der Waals surface area contributed by atoms with E-state index in [0.717, 1.165) is 5.56 Å². The van der Waals surface area contributed by atoms with Crippen LogP contribution in [0.2, 0.25) is 0 Å². The van der Waals surface area contributed by atoms with E-state index in [4.69, 9.17) is 10.8 Å². The lowest BCUT2D eigenvalue weighted by atomic mass is 10.1. The van der Waals surface area contributed by atoms with Gasteiger partial charge in [-0.05, 0) is 18.1 Å². The number of aliphatic carboxylic acids is 1. The summed E-state index contributed by atoms with van der Waals surface area (Å²) in [6, 6.07) is 1.52. The first-order valence-electron chi connectivity index (χ1n) is 4.17. The van der Waals surface area contributed by atoms with E-state index < -0.39 is 5.97 Å². The van der Waals surface area contributed by atoms with Crippen LogP contribution in [0.5, 0.6) is 0 Å². The number of nitrogen functional groups attached to an aromatic ring is 1. The van der Waals surface area contributed by atoms with E-state index in [2.05, 4.69) is 0 Å². The van der Waals surface area contributed by atoms with Crippen molar-refractivity contribution >= 4 is 11.7 Å². The van der Waals surface area contributed by atoms with Gasteiger partial charge in [-0.1, -0.05) is 0 Å². The average Bonchev–Trinajstić information content (AvgIpc) is 2.10. The second-order valence-electron chi connectivity index (χ2n) is 3.11. The summed E-state index contributed by atoms with van der Waals surface area (Å²) in [7, 11) is 1.59. The summed E-state index contributed by atoms with van der Waals surface area (Å²) in [5, 5.41) is 8.47. The molecule has 1 aromatic heterocycles. The Morgan fingerprint density at radius 3 is 2.79 bits per heavy atom. The van der Waals surface area contributed by atoms with Crippen molar-refractivity contribution in [2.75, 3.05) is 5.73 Å². The second-order valence-corrected chi connectivity index (χ2v) is 3.11. The highest BCUT2D eigenvalue weighted by atomic mass is 16.4. The SMILES string of the molecule is Cn1cc(CCC(=O)O)cc(N)c1=O. The first kappa shape index (κ1) is 10.3. The van der Waals surface area contributed by atoms with Gasteiger partial charge in [0.1, 0.15) is 0 Å². The van der Waals surface area contributed by atoms with Crippen LogP contribution in [0.3, 0.4) is 0 Å². The largest absolute Gasteiger partial charge is 0.481 e. The third kappa shape index (κ3) is 2.35. The van der Waals surface area contributed by atoms with Crippen LogP contribution < -0.4 is 11.3 Å². The van der Waals surface area contributed by atoms with Gasteiger partial charge in [0.15, 0.2) is 0 Å². The van der Waals surface area contributed by atoms with Crippen LogP contribution in [-0.4, -0.2) is 15.6 Å². The van der Waals surface area contributed by atoms with Crippen LogP contribution in [0, 0.1) is 0 Å². The lowest BCUT2D eigenvalue weighted by molar-refractivity contribution is -0.136. The standard InChI is InChI=1S/C9H12N2O3/c1-11-5-6(2-3-8(12)13)4-7(10)9(11)14/h4-5H,2-3,10H2,1H3,(H,12,13). The summed E-state index contributed by atoms with van der Waals surface area (Å²) in [6.45, 7) is 0. The number of aromatic nitrogens is 1. The number of aryl methyl sites for hydroxylation is 2. The lowest BCUT2D eigenvalue weighted by Crippen LogP contribution is -2.20. The first-order valence-corrected chi connectivity index (χ1v) is 4.17. The summed E-state index contributed by atoms with van der Waals surface area (Å²) in [6.07, 6.45) is 2.02. The number of hydrogen-bond acceptors (Lipinski definition) is 3. The number of carbonyl (C=O) groups is 1. The Balaban J connectivity index is 2.90. The van der Waals surface area contributed by atoms with Gasteiger partial charge in [-0.25, -0.2) is 0 Å². The van der Waals surface area contributed by atoms with Crippen LogP contribution in [0.15, 0.2) is 17.1 Å². The van der Waals surface area contributed by atoms with E-state index in [0.29, 0.717) is 6.42 Å². The van der Waals surface area contributed by atoms with Gasteiger partial charge in [0.2, 0.25) is 0 Å². The van der Waals surface area contributed by atoms with Crippen molar-refractivity contribution < 1.29 is 9.90 Å². The fourth-order valence-electron chi connectivity index (χ4n) is 1.20. The van der Waals surface area contributed by atoms with Gasteiger partial charge in [0.25, 0.3) is 5.56 Å². The summed E-state index contributed by atoms with van der Waals surface area (Å²) >= 11 is 0. The van der Waals surface area contributed by atoms with Crippen LogP contribution in [0.4, 0.5) is 5.69 Å². The number of carboxylic acids is 1. The molecule has 1 aromatic rings. The summed E-state index contributed by atoms with van der Waals surface area (Å²) < 4.78 is 1.35. The van der Waals surface area contributed by atoms with Gasteiger partial charge in [-0.2, -0.15) is 0 Å². The minimum Gasteiger partial charge on any atom is -0.481 e. The minimum atomic E-state index is -0.863. The number of nitrogens with two attached hydrogens (primary N) is 1. The Morgan fingerprint density at radius 2 is 2.29 bits per heavy atom. The molecule has 0 atom stereocenters. The maximum atomic E-state index is 11.2. The molecule has 76 valence electrons. The van der Waals surface area contributed by atoms with Crippen molar-refractivity contribution in [1.82, 2.24) is 4.57 Å². The Morgan fingerprint density at radius 1 is 1.64 bits per heavy atom. The van der Waals surface area contributed by atoms with E-state index in [9.17, 15) is 9.59 Å². The summed E-state index contributed by atoms with van der Waals surface area (Å²) in [5.74, 6) is -0.863. The van der Waals surface area contributed by atoms with Crippen molar-refractivity contribution in [2.45, 2.75) is 12.8 Å². The van der Waals surface area contributed by atoms with Gasteiger partial charge in [0.05, 0.1) is 5.69 Å². The van der Waals surface area contributed by atoms with Crippen molar-refractivity contribution in [3.8, 4) is 0 Å². The lowest BCUT2D eigenvalue weighted by Gasteiger charge is -2.04.